The van der Waals surface area contributed by atoms with Gasteiger partial charge in [0.15, 0.2) is 0 Å². The Hall–Kier alpha value is -1.55. The van der Waals surface area contributed by atoms with Crippen LogP contribution in [-0.4, -0.2) is 24.4 Å². The van der Waals surface area contributed by atoms with Crippen molar-refractivity contribution in [2.24, 2.45) is 0 Å². The van der Waals surface area contributed by atoms with Crippen LogP contribution in [0.25, 0.3) is 0 Å². The molecule has 0 saturated carbocycles. The van der Waals surface area contributed by atoms with Gasteiger partial charge in [-0.25, -0.2) is 0 Å². The van der Waals surface area contributed by atoms with Crippen LogP contribution in [0.5, 0.6) is 5.75 Å². The van der Waals surface area contributed by atoms with Gasteiger partial charge in [-0.05, 0) is 49.6 Å². The van der Waals surface area contributed by atoms with Crippen LogP contribution in [0.2, 0.25) is 0 Å². The van der Waals surface area contributed by atoms with Gasteiger partial charge in [-0.15, -0.1) is 0 Å². The smallest absolute Gasteiger partial charge is 0.119 e. The first kappa shape index (κ1) is 19.5. The lowest BCUT2D eigenvalue weighted by Crippen LogP contribution is -3.00. The average molecular weight is 335 g/mol. The molecule has 2 unspecified atom stereocenters. The van der Waals surface area contributed by atoms with Gasteiger partial charge in [0.25, 0.3) is 0 Å². The van der Waals surface area contributed by atoms with Crippen molar-refractivity contribution in [3.63, 3.8) is 0 Å². The molecule has 0 saturated heterocycles. The molecule has 0 spiro atoms. The molecule has 23 heavy (non-hydrogen) atoms. The van der Waals surface area contributed by atoms with Crippen molar-refractivity contribution < 1.29 is 22.3 Å². The zero-order valence-electron chi connectivity index (χ0n) is 13.9. The number of ether oxygens (including phenoxy) is 1. The van der Waals surface area contributed by atoms with E-state index < -0.39 is 6.10 Å². The van der Waals surface area contributed by atoms with E-state index in [-0.39, 0.29) is 25.1 Å². The molecule has 0 amide bonds. The van der Waals surface area contributed by atoms with E-state index in [1.54, 1.807) is 0 Å². The molecule has 2 rings (SSSR count). The molecule has 2 N–H and O–H groups in total. The predicted molar refractivity (Wildman–Crippen MR) is 90.3 cm³/mol. The third-order valence-electron chi connectivity index (χ3n) is 3.60. The monoisotopic (exact) mass is 334 g/mol. The molecule has 2 aromatic carbocycles. The third kappa shape index (κ3) is 6.61. The van der Waals surface area contributed by atoms with Gasteiger partial charge in [0.1, 0.15) is 18.5 Å². The molecule has 0 bridgehead atoms. The lowest BCUT2D eigenvalue weighted by atomic mass is 10.1. The topological polar surface area (TPSA) is 41.5 Å². The zero-order chi connectivity index (χ0) is 15.9. The maximum atomic E-state index is 10.1. The fraction of sp³-hybridized carbons (Fsp3) is 0.368. The van der Waals surface area contributed by atoms with Crippen LogP contribution in [-0.2, 0) is 0 Å². The number of benzene rings is 2. The summed E-state index contributed by atoms with van der Waals surface area (Å²) in [7, 11) is 0. The summed E-state index contributed by atoms with van der Waals surface area (Å²) in [5.41, 5.74) is 3.55. The Morgan fingerprint density at radius 3 is 2.26 bits per heavy atom. The number of aliphatic hydroxyl groups is 1. The van der Waals surface area contributed by atoms with Crippen LogP contribution >= 0.6 is 0 Å². The molecule has 0 aliphatic rings. The van der Waals surface area contributed by atoms with Gasteiger partial charge >= 0.3 is 0 Å². The second kappa shape index (κ2) is 9.56. The Labute approximate surface area is 145 Å². The van der Waals surface area contributed by atoms with Gasteiger partial charge in [-0.1, -0.05) is 36.4 Å². The van der Waals surface area contributed by atoms with E-state index in [1.807, 2.05) is 44.2 Å². The second-order valence-corrected chi connectivity index (χ2v) is 5.83. The van der Waals surface area contributed by atoms with Crippen molar-refractivity contribution >= 4 is 0 Å². The van der Waals surface area contributed by atoms with Crippen LogP contribution < -0.4 is 22.5 Å². The summed E-state index contributed by atoms with van der Waals surface area (Å²) in [4.78, 5) is 0. The number of aryl methyl sites for hydroxylation is 2. The summed E-state index contributed by atoms with van der Waals surface area (Å²) in [5, 5.41) is 13.4. The van der Waals surface area contributed by atoms with Crippen LogP contribution in [0.4, 0.5) is 0 Å². The molecule has 0 heterocycles. The second-order valence-electron chi connectivity index (χ2n) is 5.83. The fourth-order valence-electron chi connectivity index (χ4n) is 2.44. The number of hydrogen-bond acceptors (Lipinski definition) is 3. The Balaban J connectivity index is 0.00000264. The van der Waals surface area contributed by atoms with Crippen LogP contribution in [0.15, 0.2) is 48.5 Å². The molecule has 126 valence electrons. The van der Waals surface area contributed by atoms with Crippen molar-refractivity contribution in [3.8, 4) is 5.75 Å². The summed E-state index contributed by atoms with van der Waals surface area (Å²) >= 11 is 0. The molecule has 3 nitrogen and oxygen atoms in total. The summed E-state index contributed by atoms with van der Waals surface area (Å²) in [6.07, 6.45) is -0.535. The highest BCUT2D eigenvalue weighted by Gasteiger charge is 2.09. The number of halogens is 1. The molecule has 0 fully saturated rings. The Morgan fingerprint density at radius 2 is 1.65 bits per heavy atom. The van der Waals surface area contributed by atoms with E-state index in [4.69, 9.17) is 4.74 Å². The van der Waals surface area contributed by atoms with Crippen molar-refractivity contribution in [1.82, 2.24) is 5.32 Å². The van der Waals surface area contributed by atoms with Gasteiger partial charge in [-0.3, -0.25) is 0 Å². The van der Waals surface area contributed by atoms with Crippen molar-refractivity contribution in [3.05, 3.63) is 65.2 Å². The molecule has 0 aromatic heterocycles. The third-order valence-corrected chi connectivity index (χ3v) is 3.60. The zero-order valence-corrected chi connectivity index (χ0v) is 14.7. The van der Waals surface area contributed by atoms with Crippen LogP contribution in [0.1, 0.15) is 29.7 Å². The average Bonchev–Trinajstić information content (AvgIpc) is 2.50. The maximum Gasteiger partial charge on any atom is 0.119 e. The predicted octanol–water partition coefficient (Wildman–Crippen LogP) is 0.398. The number of nitrogens with one attached hydrogen (secondary N) is 1. The summed E-state index contributed by atoms with van der Waals surface area (Å²) in [6.45, 7) is 6.96. The fourth-order valence-corrected chi connectivity index (χ4v) is 2.44. The summed E-state index contributed by atoms with van der Waals surface area (Å²) in [5.74, 6) is 0.813. The SMILES string of the molecule is Cc1cc(C)cc(OCC(O)CNC(C)c2ccccc2)c1.[Cl-]. The van der Waals surface area contributed by atoms with Crippen LogP contribution in [0, 0.1) is 13.8 Å². The highest BCUT2D eigenvalue weighted by atomic mass is 35.5. The summed E-state index contributed by atoms with van der Waals surface area (Å²) < 4.78 is 5.68. The van der Waals surface area contributed by atoms with Crippen LogP contribution in [0.3, 0.4) is 0 Å². The van der Waals surface area contributed by atoms with Crippen molar-refractivity contribution in [2.45, 2.75) is 32.9 Å². The largest absolute Gasteiger partial charge is 1.00 e. The van der Waals surface area contributed by atoms with E-state index >= 15 is 0 Å². The molecular formula is C19H25ClNO2-. The quantitative estimate of drug-likeness (QED) is 0.770. The highest BCUT2D eigenvalue weighted by molar-refractivity contribution is 5.33. The van der Waals surface area contributed by atoms with E-state index in [2.05, 4.69) is 30.4 Å². The minimum Gasteiger partial charge on any atom is -1.00 e. The number of aliphatic hydroxyl groups excluding tert-OH is 1. The van der Waals surface area contributed by atoms with Gasteiger partial charge in [0, 0.05) is 12.6 Å². The molecule has 2 atom stereocenters. The van der Waals surface area contributed by atoms with Gasteiger partial charge in [-0.2, -0.15) is 0 Å². The van der Waals surface area contributed by atoms with E-state index in [0.717, 1.165) is 5.75 Å². The standard InChI is InChI=1S/C19H25NO2.ClH/c1-14-9-15(2)11-19(10-14)22-13-18(21)12-20-16(3)17-7-5-4-6-8-17;/h4-11,16,18,20-21H,12-13H2,1-3H3;1H/p-1. The first-order valence-corrected chi connectivity index (χ1v) is 7.72. The van der Waals surface area contributed by atoms with Gasteiger partial charge in [0.05, 0.1) is 0 Å². The Morgan fingerprint density at radius 1 is 1.04 bits per heavy atom. The maximum absolute atomic E-state index is 10.1. The van der Waals surface area contributed by atoms with Gasteiger partial charge in [0.2, 0.25) is 0 Å². The molecular weight excluding hydrogens is 310 g/mol. The van der Waals surface area contributed by atoms with E-state index in [0.29, 0.717) is 6.54 Å². The van der Waals surface area contributed by atoms with Crippen molar-refractivity contribution in [2.75, 3.05) is 13.2 Å². The molecule has 0 radical (unpaired) electrons. The normalized spacial score (nSPS) is 13.0. The number of rotatable bonds is 7. The molecule has 0 aliphatic heterocycles. The lowest BCUT2D eigenvalue weighted by Gasteiger charge is -2.18. The van der Waals surface area contributed by atoms with Gasteiger partial charge < -0.3 is 27.6 Å². The Bertz CT molecular complexity index is 569. The van der Waals surface area contributed by atoms with Crippen molar-refractivity contribution in [1.29, 1.82) is 0 Å². The Kier molecular flexibility index (Phi) is 8.10. The molecule has 2 aromatic rings. The van der Waals surface area contributed by atoms with E-state index in [1.165, 1.54) is 16.7 Å². The first-order valence-electron chi connectivity index (χ1n) is 7.72. The minimum absolute atomic E-state index is 0. The lowest BCUT2D eigenvalue weighted by molar-refractivity contribution is -0.00000651. The molecule has 0 aliphatic carbocycles. The highest BCUT2D eigenvalue weighted by Crippen LogP contribution is 2.16. The number of hydrogen-bond donors (Lipinski definition) is 2. The minimum atomic E-state index is -0.535. The summed E-state index contributed by atoms with van der Waals surface area (Å²) in [6, 6.07) is 16.5. The first-order chi connectivity index (χ1) is 10.5. The van der Waals surface area contributed by atoms with E-state index in [9.17, 15) is 5.11 Å². The molecule has 4 heteroatoms.